The first-order valence-corrected chi connectivity index (χ1v) is 18.6. The van der Waals surface area contributed by atoms with Crippen LogP contribution in [-0.4, -0.2) is 53.8 Å². The highest BCUT2D eigenvalue weighted by Gasteiger charge is 2.31. The molecule has 1 fully saturated rings. The zero-order chi connectivity index (χ0) is 33.7. The topological polar surface area (TPSA) is 130 Å². The number of H-pyrrole nitrogens is 1. The average Bonchev–Trinajstić information content (AvgIpc) is 3.43. The number of benzene rings is 2. The van der Waals surface area contributed by atoms with Gasteiger partial charge in [0.2, 0.25) is 0 Å². The number of aryl methyl sites for hydroxylation is 1. The summed E-state index contributed by atoms with van der Waals surface area (Å²) in [5, 5.41) is 8.50. The number of aromatic amines is 1. The maximum atomic E-state index is 15.2. The van der Waals surface area contributed by atoms with Crippen LogP contribution in [0.2, 0.25) is 5.02 Å². The summed E-state index contributed by atoms with van der Waals surface area (Å²) in [6.07, 6.45) is 9.60. The Morgan fingerprint density at radius 2 is 1.98 bits per heavy atom. The van der Waals surface area contributed by atoms with Crippen LogP contribution in [0.3, 0.4) is 0 Å². The van der Waals surface area contributed by atoms with E-state index in [-0.39, 0.29) is 22.3 Å². The molecule has 4 aromatic rings. The molecule has 12 heteroatoms. The van der Waals surface area contributed by atoms with Gasteiger partial charge in [0, 0.05) is 52.4 Å². The zero-order valence-corrected chi connectivity index (χ0v) is 30.1. The second-order valence-corrected chi connectivity index (χ2v) is 15.8. The molecule has 1 unspecified atom stereocenters. The number of nitrogens with zero attached hydrogens (tertiary/aromatic N) is 3. The maximum Gasteiger partial charge on any atom is 0.354 e. The molecule has 8 nitrogen and oxygen atoms in total. The van der Waals surface area contributed by atoms with Gasteiger partial charge in [0.1, 0.15) is 5.65 Å². The third-order valence-corrected chi connectivity index (χ3v) is 10.4. The highest BCUT2D eigenvalue weighted by molar-refractivity contribution is 9.09. The van der Waals surface area contributed by atoms with Crippen LogP contribution in [-0.2, 0) is 6.42 Å². The fourth-order valence-corrected chi connectivity index (χ4v) is 7.62. The summed E-state index contributed by atoms with van der Waals surface area (Å²) in [6, 6.07) is 14.3. The normalized spacial score (nSPS) is 18.4. The summed E-state index contributed by atoms with van der Waals surface area (Å²) in [6.45, 7) is 5.13. The molecule has 1 aliphatic heterocycles. The van der Waals surface area contributed by atoms with Gasteiger partial charge in [-0.25, -0.2) is 9.18 Å². The number of thioether (sulfide) groups is 1. The van der Waals surface area contributed by atoms with Crippen LogP contribution in [0.15, 0.2) is 53.5 Å². The number of rotatable bonds is 13. The van der Waals surface area contributed by atoms with Crippen molar-refractivity contribution in [1.82, 2.24) is 19.4 Å². The van der Waals surface area contributed by atoms with E-state index in [1.165, 1.54) is 21.9 Å². The Morgan fingerprint density at radius 3 is 2.68 bits per heavy atom. The minimum absolute atomic E-state index is 0.0593. The van der Waals surface area contributed by atoms with Crippen LogP contribution < -0.4 is 17.2 Å². The molecule has 2 aromatic carbocycles. The molecule has 1 saturated heterocycles. The highest BCUT2D eigenvalue weighted by Crippen LogP contribution is 2.37. The number of aromatic nitrogens is 3. The molecule has 2 aromatic heterocycles. The highest BCUT2D eigenvalue weighted by atomic mass is 79.9. The van der Waals surface area contributed by atoms with Gasteiger partial charge in [-0.1, -0.05) is 58.3 Å². The van der Waals surface area contributed by atoms with Crippen LogP contribution in [0.5, 0.6) is 0 Å². The Kier molecular flexibility index (Phi) is 12.2. The molecule has 0 spiro atoms. The fraction of sp³-hybridized carbons (Fsp3) is 0.457. The number of hydrogen-bond acceptors (Lipinski definition) is 6. The number of alkyl halides is 1. The van der Waals surface area contributed by atoms with E-state index in [9.17, 15) is 4.79 Å². The smallest absolute Gasteiger partial charge is 0.354 e. The minimum atomic E-state index is -0.512. The molecule has 1 aliphatic rings. The van der Waals surface area contributed by atoms with Crippen molar-refractivity contribution in [1.29, 1.82) is 5.41 Å². The number of fused-ring (bicyclic) bond motifs is 1. The molecule has 0 amide bonds. The van der Waals surface area contributed by atoms with Crippen molar-refractivity contribution in [3.8, 4) is 16.9 Å². The minimum Gasteiger partial charge on any atom is -0.379 e. The number of halogens is 3. The molecular weight excluding hydrogens is 701 g/mol. The summed E-state index contributed by atoms with van der Waals surface area (Å²) in [7, 11) is 0. The van der Waals surface area contributed by atoms with Crippen molar-refractivity contribution in [2.24, 2.45) is 11.5 Å². The molecule has 3 heterocycles. The third kappa shape index (κ3) is 9.06. The van der Waals surface area contributed by atoms with Gasteiger partial charge in [-0.3, -0.25) is 14.9 Å². The standard InChI is InChI=1S/C35H44BrClFN7OS/c1-21(36)13-15-44-26(14-16-47-34(40)41)7-4-8-31(44)24-9-11-27(12-10-24)45-20-25-19-30(42-33(25)43-35(45)46)28-17-23(6-3-5-22(2)39)18-29(37)32(28)38/h9-12,17-22,26,31H,3-8,13-16,39H2,1-2H3,(H3,40,41)(H,42,43,46)/t21?,22-,26-,31-/m0/s1. The van der Waals surface area contributed by atoms with Crippen LogP contribution in [0, 0.1) is 11.2 Å². The van der Waals surface area contributed by atoms with E-state index in [1.54, 1.807) is 18.3 Å². The molecule has 0 radical (unpaired) electrons. The average molecular weight is 745 g/mol. The van der Waals surface area contributed by atoms with Gasteiger partial charge in [0.25, 0.3) is 0 Å². The van der Waals surface area contributed by atoms with Crippen LogP contribution in [0.1, 0.15) is 76.0 Å². The third-order valence-electron chi connectivity index (χ3n) is 8.95. The second kappa shape index (κ2) is 16.1. The van der Waals surface area contributed by atoms with E-state index in [1.807, 2.05) is 25.1 Å². The van der Waals surface area contributed by atoms with Crippen molar-refractivity contribution >= 4 is 55.5 Å². The van der Waals surface area contributed by atoms with E-state index in [0.717, 1.165) is 69.2 Å². The summed E-state index contributed by atoms with van der Waals surface area (Å²) in [5.74, 6) is 0.326. The number of likely N-dealkylation sites (tertiary alicyclic amines) is 1. The molecule has 5 rings (SSSR count). The predicted molar refractivity (Wildman–Crippen MR) is 198 cm³/mol. The van der Waals surface area contributed by atoms with Crippen LogP contribution in [0.25, 0.3) is 28.0 Å². The quantitative estimate of drug-likeness (QED) is 0.0626. The first-order valence-electron chi connectivity index (χ1n) is 16.3. The molecule has 4 atom stereocenters. The molecule has 0 aliphatic carbocycles. The lowest BCUT2D eigenvalue weighted by Crippen LogP contribution is -2.43. The monoisotopic (exact) mass is 743 g/mol. The fourth-order valence-electron chi connectivity index (χ4n) is 6.57. The predicted octanol–water partition coefficient (Wildman–Crippen LogP) is 7.93. The van der Waals surface area contributed by atoms with Crippen molar-refractivity contribution in [2.75, 3.05) is 12.3 Å². The van der Waals surface area contributed by atoms with Gasteiger partial charge >= 0.3 is 5.69 Å². The van der Waals surface area contributed by atoms with Gasteiger partial charge in [0.05, 0.1) is 16.4 Å². The van der Waals surface area contributed by atoms with Gasteiger partial charge in [-0.15, -0.1) is 0 Å². The Morgan fingerprint density at radius 1 is 1.21 bits per heavy atom. The van der Waals surface area contributed by atoms with Crippen molar-refractivity contribution in [2.45, 2.75) is 88.2 Å². The largest absolute Gasteiger partial charge is 0.379 e. The number of nitrogens with one attached hydrogen (secondary N) is 2. The lowest BCUT2D eigenvalue weighted by molar-refractivity contribution is 0.0794. The van der Waals surface area contributed by atoms with Crippen molar-refractivity contribution in [3.63, 3.8) is 0 Å². The number of piperidine rings is 1. The summed E-state index contributed by atoms with van der Waals surface area (Å²) in [5.41, 5.74) is 15.2. The molecule has 0 saturated carbocycles. The van der Waals surface area contributed by atoms with Crippen LogP contribution in [0.4, 0.5) is 4.39 Å². The summed E-state index contributed by atoms with van der Waals surface area (Å²) >= 11 is 11.4. The Labute approximate surface area is 293 Å². The van der Waals surface area contributed by atoms with E-state index in [2.05, 4.69) is 49.9 Å². The van der Waals surface area contributed by atoms with Gasteiger partial charge < -0.3 is 16.5 Å². The Balaban J connectivity index is 1.39. The Bertz CT molecular complexity index is 1740. The molecule has 47 heavy (non-hydrogen) atoms. The SMILES string of the molecule is CC(Br)CCN1[C@H](CCSC(=N)N)CCC[C@H]1c1ccc(-n2cc3cc(-c4cc(CCC[C@H](C)N)cc(Cl)c4F)[nH]c3nc2=O)cc1. The Hall–Kier alpha value is -2.70. The van der Waals surface area contributed by atoms with Gasteiger partial charge in [-0.05, 0) is 99.7 Å². The number of nitrogens with two attached hydrogens (primary N) is 2. The lowest BCUT2D eigenvalue weighted by Gasteiger charge is -2.43. The first kappa shape index (κ1) is 35.6. The van der Waals surface area contributed by atoms with E-state index >= 15 is 4.39 Å². The number of hydrogen-bond donors (Lipinski definition) is 4. The molecule has 0 bridgehead atoms. The molecule has 6 N–H and O–H groups in total. The molecular formula is C35H44BrClFN7OS. The van der Waals surface area contributed by atoms with E-state index in [4.69, 9.17) is 28.5 Å². The zero-order valence-electron chi connectivity index (χ0n) is 26.9. The van der Waals surface area contributed by atoms with Gasteiger partial charge in [0.15, 0.2) is 11.0 Å². The summed E-state index contributed by atoms with van der Waals surface area (Å²) in [4.78, 5) is 23.7. The summed E-state index contributed by atoms with van der Waals surface area (Å²) < 4.78 is 16.7. The number of amidine groups is 1. The first-order chi connectivity index (χ1) is 22.5. The van der Waals surface area contributed by atoms with Crippen molar-refractivity contribution < 1.29 is 4.39 Å². The maximum absolute atomic E-state index is 15.2. The van der Waals surface area contributed by atoms with E-state index < -0.39 is 11.5 Å². The second-order valence-electron chi connectivity index (χ2n) is 12.7. The van der Waals surface area contributed by atoms with Crippen molar-refractivity contribution in [3.05, 3.63) is 81.1 Å². The lowest BCUT2D eigenvalue weighted by atomic mass is 9.89. The van der Waals surface area contributed by atoms with Crippen LogP contribution >= 0.6 is 39.3 Å². The van der Waals surface area contributed by atoms with E-state index in [0.29, 0.717) is 38.8 Å². The van der Waals surface area contributed by atoms with Gasteiger partial charge in [-0.2, -0.15) is 4.98 Å². The molecule has 252 valence electrons.